The van der Waals surface area contributed by atoms with Crippen LogP contribution in [0.15, 0.2) is 0 Å². The number of hydrogen-bond donors (Lipinski definition) is 2. The minimum absolute atomic E-state index is 0.222. The van der Waals surface area contributed by atoms with Gasteiger partial charge in [-0.05, 0) is 38.8 Å². The van der Waals surface area contributed by atoms with Crippen molar-refractivity contribution >= 4 is 0 Å². The molecule has 2 aliphatic heterocycles. The molecule has 2 saturated heterocycles. The standard InChI is InChI=1S/C10H19FN2/c1-10(11)7-13-6-9(10)8-3-2-4-12-5-8/h8-9,12-13H,2-7H2,1H3. The van der Waals surface area contributed by atoms with Gasteiger partial charge < -0.3 is 10.6 Å². The fourth-order valence-electron chi connectivity index (χ4n) is 2.70. The van der Waals surface area contributed by atoms with Crippen LogP contribution < -0.4 is 10.6 Å². The Balaban J connectivity index is 1.98. The average Bonchev–Trinajstić information content (AvgIpc) is 2.47. The minimum Gasteiger partial charge on any atom is -0.316 e. The largest absolute Gasteiger partial charge is 0.316 e. The Morgan fingerprint density at radius 1 is 1.31 bits per heavy atom. The van der Waals surface area contributed by atoms with Crippen molar-refractivity contribution in [2.75, 3.05) is 26.2 Å². The summed E-state index contributed by atoms with van der Waals surface area (Å²) in [5, 5.41) is 6.51. The Kier molecular flexibility index (Phi) is 2.56. The first-order chi connectivity index (χ1) is 6.20. The van der Waals surface area contributed by atoms with Crippen molar-refractivity contribution in [2.24, 2.45) is 11.8 Å². The molecule has 3 atom stereocenters. The highest BCUT2D eigenvalue weighted by atomic mass is 19.1. The molecular formula is C10H19FN2. The Hall–Kier alpha value is -0.150. The number of halogens is 1. The van der Waals surface area contributed by atoms with Crippen molar-refractivity contribution in [1.29, 1.82) is 0 Å². The number of hydrogen-bond acceptors (Lipinski definition) is 2. The van der Waals surface area contributed by atoms with Gasteiger partial charge in [-0.25, -0.2) is 4.39 Å². The van der Waals surface area contributed by atoms with E-state index in [0.717, 1.165) is 19.6 Å². The molecule has 0 aliphatic carbocycles. The van der Waals surface area contributed by atoms with E-state index in [-0.39, 0.29) is 5.92 Å². The van der Waals surface area contributed by atoms with Crippen LogP contribution in [0.25, 0.3) is 0 Å². The molecule has 3 heteroatoms. The fourth-order valence-corrected chi connectivity index (χ4v) is 2.70. The molecule has 2 fully saturated rings. The maximum atomic E-state index is 14.0. The zero-order valence-corrected chi connectivity index (χ0v) is 8.28. The Morgan fingerprint density at radius 3 is 2.69 bits per heavy atom. The molecule has 0 aromatic heterocycles. The van der Waals surface area contributed by atoms with Crippen LogP contribution >= 0.6 is 0 Å². The number of rotatable bonds is 1. The van der Waals surface area contributed by atoms with Gasteiger partial charge in [0.05, 0.1) is 0 Å². The van der Waals surface area contributed by atoms with Gasteiger partial charge in [0.2, 0.25) is 0 Å². The molecule has 2 nitrogen and oxygen atoms in total. The number of piperidine rings is 1. The molecule has 2 aliphatic rings. The van der Waals surface area contributed by atoms with Crippen LogP contribution in [-0.4, -0.2) is 31.8 Å². The minimum atomic E-state index is -0.982. The SMILES string of the molecule is CC1(F)CNCC1C1CCCNC1. The van der Waals surface area contributed by atoms with Gasteiger partial charge in [0.25, 0.3) is 0 Å². The van der Waals surface area contributed by atoms with Crippen LogP contribution in [-0.2, 0) is 0 Å². The molecule has 2 rings (SSSR count). The van der Waals surface area contributed by atoms with Crippen molar-refractivity contribution < 1.29 is 4.39 Å². The summed E-state index contributed by atoms with van der Waals surface area (Å²) >= 11 is 0. The summed E-state index contributed by atoms with van der Waals surface area (Å²) < 4.78 is 14.0. The van der Waals surface area contributed by atoms with Gasteiger partial charge in [0, 0.05) is 19.0 Å². The summed E-state index contributed by atoms with van der Waals surface area (Å²) in [5.74, 6) is 0.763. The summed E-state index contributed by atoms with van der Waals surface area (Å²) in [6.07, 6.45) is 2.40. The molecular weight excluding hydrogens is 167 g/mol. The maximum Gasteiger partial charge on any atom is 0.124 e. The summed E-state index contributed by atoms with van der Waals surface area (Å²) in [6.45, 7) is 5.26. The lowest BCUT2D eigenvalue weighted by atomic mass is 9.79. The summed E-state index contributed by atoms with van der Waals surface area (Å²) in [4.78, 5) is 0. The first-order valence-corrected chi connectivity index (χ1v) is 5.30. The summed E-state index contributed by atoms with van der Waals surface area (Å²) in [5.41, 5.74) is -0.982. The Labute approximate surface area is 79.3 Å². The molecule has 76 valence electrons. The lowest BCUT2D eigenvalue weighted by molar-refractivity contribution is 0.0960. The van der Waals surface area contributed by atoms with E-state index in [0.29, 0.717) is 12.5 Å². The third-order valence-corrected chi connectivity index (χ3v) is 3.51. The highest BCUT2D eigenvalue weighted by Crippen LogP contribution is 2.34. The maximum absolute atomic E-state index is 14.0. The van der Waals surface area contributed by atoms with E-state index < -0.39 is 5.67 Å². The zero-order valence-electron chi connectivity index (χ0n) is 8.28. The van der Waals surface area contributed by atoms with Crippen LogP contribution in [0.2, 0.25) is 0 Å². The van der Waals surface area contributed by atoms with Gasteiger partial charge in [-0.3, -0.25) is 0 Å². The summed E-state index contributed by atoms with van der Waals surface area (Å²) in [7, 11) is 0. The third-order valence-electron chi connectivity index (χ3n) is 3.51. The van der Waals surface area contributed by atoms with Gasteiger partial charge in [-0.1, -0.05) is 0 Å². The first kappa shape index (κ1) is 9.41. The van der Waals surface area contributed by atoms with Crippen LogP contribution in [0, 0.1) is 11.8 Å². The molecule has 0 bridgehead atoms. The van der Waals surface area contributed by atoms with Crippen molar-refractivity contribution in [3.8, 4) is 0 Å². The van der Waals surface area contributed by atoms with E-state index in [1.165, 1.54) is 12.8 Å². The van der Waals surface area contributed by atoms with Crippen molar-refractivity contribution in [3.63, 3.8) is 0 Å². The van der Waals surface area contributed by atoms with Gasteiger partial charge in [0.1, 0.15) is 5.67 Å². The van der Waals surface area contributed by atoms with Crippen molar-refractivity contribution in [2.45, 2.75) is 25.4 Å². The second-order valence-electron chi connectivity index (χ2n) is 4.62. The Bertz CT molecular complexity index is 176. The molecule has 0 amide bonds. The first-order valence-electron chi connectivity index (χ1n) is 5.30. The highest BCUT2D eigenvalue weighted by Gasteiger charge is 2.43. The van der Waals surface area contributed by atoms with E-state index in [2.05, 4.69) is 10.6 Å². The smallest absolute Gasteiger partial charge is 0.124 e. The van der Waals surface area contributed by atoms with E-state index in [1.807, 2.05) is 0 Å². The predicted molar refractivity (Wildman–Crippen MR) is 51.5 cm³/mol. The monoisotopic (exact) mass is 186 g/mol. The van der Waals surface area contributed by atoms with Gasteiger partial charge in [-0.2, -0.15) is 0 Å². The van der Waals surface area contributed by atoms with Crippen molar-refractivity contribution in [3.05, 3.63) is 0 Å². The van der Waals surface area contributed by atoms with Crippen LogP contribution in [0.1, 0.15) is 19.8 Å². The lowest BCUT2D eigenvalue weighted by Gasteiger charge is -2.33. The third kappa shape index (κ3) is 1.86. The molecule has 2 N–H and O–H groups in total. The molecule has 2 heterocycles. The van der Waals surface area contributed by atoms with Crippen molar-refractivity contribution in [1.82, 2.24) is 10.6 Å². The summed E-state index contributed by atoms with van der Waals surface area (Å²) in [6, 6.07) is 0. The normalized spacial score (nSPS) is 46.6. The van der Waals surface area contributed by atoms with Crippen LogP contribution in [0.3, 0.4) is 0 Å². The number of alkyl halides is 1. The molecule has 3 unspecified atom stereocenters. The quantitative estimate of drug-likeness (QED) is 0.636. The molecule has 0 saturated carbocycles. The zero-order chi connectivity index (χ0) is 9.31. The van der Waals surface area contributed by atoms with E-state index >= 15 is 0 Å². The average molecular weight is 186 g/mol. The van der Waals surface area contributed by atoms with Crippen LogP contribution in [0.4, 0.5) is 4.39 Å². The topological polar surface area (TPSA) is 24.1 Å². The van der Waals surface area contributed by atoms with Gasteiger partial charge in [0.15, 0.2) is 0 Å². The highest BCUT2D eigenvalue weighted by molar-refractivity contribution is 4.96. The lowest BCUT2D eigenvalue weighted by Crippen LogP contribution is -2.41. The Morgan fingerprint density at radius 2 is 2.15 bits per heavy atom. The molecule has 13 heavy (non-hydrogen) atoms. The molecule has 0 radical (unpaired) electrons. The van der Waals surface area contributed by atoms with Gasteiger partial charge >= 0.3 is 0 Å². The fraction of sp³-hybridized carbons (Fsp3) is 1.00. The molecule has 0 aromatic carbocycles. The van der Waals surface area contributed by atoms with Crippen LogP contribution in [0.5, 0.6) is 0 Å². The second-order valence-corrected chi connectivity index (χ2v) is 4.62. The van der Waals surface area contributed by atoms with E-state index in [4.69, 9.17) is 0 Å². The van der Waals surface area contributed by atoms with Gasteiger partial charge in [-0.15, -0.1) is 0 Å². The molecule has 0 aromatic rings. The number of nitrogens with one attached hydrogen (secondary N) is 2. The van der Waals surface area contributed by atoms with E-state index in [9.17, 15) is 4.39 Å². The van der Waals surface area contributed by atoms with E-state index in [1.54, 1.807) is 6.92 Å². The predicted octanol–water partition coefficient (Wildman–Crippen LogP) is 0.934. The second kappa shape index (κ2) is 3.54. The molecule has 0 spiro atoms.